The molecule has 0 bridgehead atoms. The molecule has 0 aliphatic carbocycles. The van der Waals surface area contributed by atoms with Gasteiger partial charge in [-0.15, -0.1) is 0 Å². The largest absolute Gasteiger partial charge is 0.339 e. The zero-order valence-corrected chi connectivity index (χ0v) is 15.2. The molecule has 0 spiro atoms. The van der Waals surface area contributed by atoms with Crippen LogP contribution in [0.5, 0.6) is 0 Å². The van der Waals surface area contributed by atoms with Crippen LogP contribution in [0, 0.1) is 11.3 Å². The number of carbonyl (C=O) groups excluding carboxylic acids is 1. The lowest BCUT2D eigenvalue weighted by atomic mass is 10.2. The molecule has 1 aromatic heterocycles. The van der Waals surface area contributed by atoms with Crippen molar-refractivity contribution in [1.29, 1.82) is 5.26 Å². The van der Waals surface area contributed by atoms with Gasteiger partial charge in [0.25, 0.3) is 0 Å². The highest BCUT2D eigenvalue weighted by molar-refractivity contribution is 5.88. The molecule has 2 aromatic carbocycles. The number of aromatic nitrogens is 1. The zero-order valence-electron chi connectivity index (χ0n) is 15.2. The Morgan fingerprint density at radius 1 is 0.963 bits per heavy atom. The lowest BCUT2D eigenvalue weighted by Gasteiger charge is -2.35. The quantitative estimate of drug-likeness (QED) is 0.721. The van der Waals surface area contributed by atoms with Crippen LogP contribution < -0.4 is 0 Å². The standard InChI is InChI=1S/C22H22N4O/c23-14-19-16-26(21-9-5-4-8-20(19)21)17-22(27)25-12-10-24(11-13-25)15-18-6-2-1-3-7-18/h1-9,16H,10-13,15,17H2. The van der Waals surface area contributed by atoms with Crippen LogP contribution in [0.3, 0.4) is 0 Å². The van der Waals surface area contributed by atoms with E-state index in [1.807, 2.05) is 39.8 Å². The van der Waals surface area contributed by atoms with E-state index in [-0.39, 0.29) is 12.5 Å². The molecule has 1 aliphatic rings. The Labute approximate surface area is 159 Å². The molecule has 3 aromatic rings. The van der Waals surface area contributed by atoms with Gasteiger partial charge in [0, 0.05) is 49.8 Å². The van der Waals surface area contributed by atoms with Gasteiger partial charge in [-0.3, -0.25) is 9.69 Å². The molecule has 2 heterocycles. The molecule has 5 heteroatoms. The number of piperazine rings is 1. The van der Waals surface area contributed by atoms with E-state index >= 15 is 0 Å². The predicted octanol–water partition coefficient (Wildman–Crippen LogP) is 2.86. The van der Waals surface area contributed by atoms with Crippen molar-refractivity contribution in [1.82, 2.24) is 14.4 Å². The van der Waals surface area contributed by atoms with Crippen molar-refractivity contribution in [2.75, 3.05) is 26.2 Å². The molecule has 4 rings (SSSR count). The first-order chi connectivity index (χ1) is 13.2. The minimum absolute atomic E-state index is 0.111. The van der Waals surface area contributed by atoms with Crippen molar-refractivity contribution in [3.63, 3.8) is 0 Å². The van der Waals surface area contributed by atoms with E-state index in [2.05, 4.69) is 35.2 Å². The van der Waals surface area contributed by atoms with Gasteiger partial charge in [-0.25, -0.2) is 0 Å². The maximum atomic E-state index is 12.8. The Morgan fingerprint density at radius 2 is 1.67 bits per heavy atom. The number of benzene rings is 2. The Kier molecular flexibility index (Phi) is 4.91. The molecule has 0 atom stereocenters. The van der Waals surface area contributed by atoms with E-state index in [1.165, 1.54) is 5.56 Å². The van der Waals surface area contributed by atoms with Gasteiger partial charge in [0.15, 0.2) is 0 Å². The lowest BCUT2D eigenvalue weighted by Crippen LogP contribution is -2.49. The minimum Gasteiger partial charge on any atom is -0.339 e. The Hall–Kier alpha value is -3.10. The van der Waals surface area contributed by atoms with Crippen LogP contribution in [-0.2, 0) is 17.9 Å². The summed E-state index contributed by atoms with van der Waals surface area (Å²) in [7, 11) is 0. The summed E-state index contributed by atoms with van der Waals surface area (Å²) in [4.78, 5) is 17.1. The Morgan fingerprint density at radius 3 is 2.41 bits per heavy atom. The second kappa shape index (κ2) is 7.65. The van der Waals surface area contributed by atoms with Crippen LogP contribution in [0.4, 0.5) is 0 Å². The fraction of sp³-hybridized carbons (Fsp3) is 0.273. The van der Waals surface area contributed by atoms with E-state index < -0.39 is 0 Å². The van der Waals surface area contributed by atoms with Crippen molar-refractivity contribution in [3.05, 3.63) is 71.9 Å². The summed E-state index contributed by atoms with van der Waals surface area (Å²) in [6.07, 6.45) is 1.79. The minimum atomic E-state index is 0.111. The number of carbonyl (C=O) groups is 1. The first-order valence-corrected chi connectivity index (χ1v) is 9.26. The highest BCUT2D eigenvalue weighted by Crippen LogP contribution is 2.21. The van der Waals surface area contributed by atoms with Gasteiger partial charge in [0.1, 0.15) is 12.6 Å². The second-order valence-electron chi connectivity index (χ2n) is 6.94. The average molecular weight is 358 g/mol. The summed E-state index contributed by atoms with van der Waals surface area (Å²) in [6.45, 7) is 4.47. The fourth-order valence-electron chi connectivity index (χ4n) is 3.71. The molecule has 0 saturated carbocycles. The second-order valence-corrected chi connectivity index (χ2v) is 6.94. The molecule has 1 saturated heterocycles. The lowest BCUT2D eigenvalue weighted by molar-refractivity contribution is -0.133. The number of fused-ring (bicyclic) bond motifs is 1. The SMILES string of the molecule is N#Cc1cn(CC(=O)N2CCN(Cc3ccccc3)CC2)c2ccccc12. The van der Waals surface area contributed by atoms with Crippen molar-refractivity contribution in [2.24, 2.45) is 0 Å². The Bertz CT molecular complexity index is 978. The zero-order chi connectivity index (χ0) is 18.6. The van der Waals surface area contributed by atoms with E-state index in [4.69, 9.17) is 0 Å². The average Bonchev–Trinajstić information content (AvgIpc) is 3.07. The third kappa shape index (κ3) is 3.71. The summed E-state index contributed by atoms with van der Waals surface area (Å²) in [5, 5.41) is 10.2. The first kappa shape index (κ1) is 17.3. The van der Waals surface area contributed by atoms with Gasteiger partial charge in [0.2, 0.25) is 5.91 Å². The smallest absolute Gasteiger partial charge is 0.242 e. The third-order valence-corrected chi connectivity index (χ3v) is 5.19. The first-order valence-electron chi connectivity index (χ1n) is 9.26. The van der Waals surface area contributed by atoms with Gasteiger partial charge in [-0.05, 0) is 11.6 Å². The van der Waals surface area contributed by atoms with Crippen molar-refractivity contribution in [3.8, 4) is 6.07 Å². The molecule has 1 amide bonds. The summed E-state index contributed by atoms with van der Waals surface area (Å²) < 4.78 is 1.90. The van der Waals surface area contributed by atoms with Gasteiger partial charge < -0.3 is 9.47 Å². The molecular weight excluding hydrogens is 336 g/mol. The number of rotatable bonds is 4. The molecule has 0 N–H and O–H groups in total. The number of nitriles is 1. The van der Waals surface area contributed by atoms with Crippen molar-refractivity contribution < 1.29 is 4.79 Å². The van der Waals surface area contributed by atoms with Crippen LogP contribution >= 0.6 is 0 Å². The molecular formula is C22H22N4O. The number of hydrogen-bond acceptors (Lipinski definition) is 3. The highest BCUT2D eigenvalue weighted by atomic mass is 16.2. The third-order valence-electron chi connectivity index (χ3n) is 5.19. The summed E-state index contributed by atoms with van der Waals surface area (Å²) in [5.74, 6) is 0.111. The number of amides is 1. The summed E-state index contributed by atoms with van der Waals surface area (Å²) in [5.41, 5.74) is 2.86. The number of para-hydroxylation sites is 1. The number of hydrogen-bond donors (Lipinski definition) is 0. The van der Waals surface area contributed by atoms with Gasteiger partial charge in [-0.1, -0.05) is 48.5 Å². The van der Waals surface area contributed by atoms with Crippen molar-refractivity contribution >= 4 is 16.8 Å². The van der Waals surface area contributed by atoms with E-state index in [0.717, 1.165) is 43.6 Å². The predicted molar refractivity (Wildman–Crippen MR) is 105 cm³/mol. The fourth-order valence-corrected chi connectivity index (χ4v) is 3.71. The highest BCUT2D eigenvalue weighted by Gasteiger charge is 2.22. The van der Waals surface area contributed by atoms with Crippen LogP contribution in [0.1, 0.15) is 11.1 Å². The van der Waals surface area contributed by atoms with Gasteiger partial charge >= 0.3 is 0 Å². The van der Waals surface area contributed by atoms with Crippen LogP contribution in [0.2, 0.25) is 0 Å². The van der Waals surface area contributed by atoms with Gasteiger partial charge in [0.05, 0.1) is 5.56 Å². The molecule has 27 heavy (non-hydrogen) atoms. The molecule has 1 fully saturated rings. The van der Waals surface area contributed by atoms with Crippen LogP contribution in [0.25, 0.3) is 10.9 Å². The van der Waals surface area contributed by atoms with E-state index in [0.29, 0.717) is 5.56 Å². The Balaban J connectivity index is 1.38. The topological polar surface area (TPSA) is 52.3 Å². The van der Waals surface area contributed by atoms with Crippen LogP contribution in [0.15, 0.2) is 60.8 Å². The summed E-state index contributed by atoms with van der Waals surface area (Å²) >= 11 is 0. The van der Waals surface area contributed by atoms with E-state index in [9.17, 15) is 10.1 Å². The summed E-state index contributed by atoms with van der Waals surface area (Å²) in [6, 6.07) is 20.4. The molecule has 0 radical (unpaired) electrons. The van der Waals surface area contributed by atoms with Gasteiger partial charge in [-0.2, -0.15) is 5.26 Å². The maximum Gasteiger partial charge on any atom is 0.242 e. The van der Waals surface area contributed by atoms with Crippen LogP contribution in [-0.4, -0.2) is 46.5 Å². The molecule has 0 unspecified atom stereocenters. The molecule has 5 nitrogen and oxygen atoms in total. The van der Waals surface area contributed by atoms with E-state index in [1.54, 1.807) is 6.20 Å². The van der Waals surface area contributed by atoms with Crippen molar-refractivity contribution in [2.45, 2.75) is 13.1 Å². The molecule has 136 valence electrons. The normalized spacial score (nSPS) is 15.0. The number of nitrogens with zero attached hydrogens (tertiary/aromatic N) is 4. The maximum absolute atomic E-state index is 12.8. The molecule has 1 aliphatic heterocycles. The monoisotopic (exact) mass is 358 g/mol.